The van der Waals surface area contributed by atoms with Crippen molar-refractivity contribution in [3.8, 4) is 5.75 Å². The van der Waals surface area contributed by atoms with Gasteiger partial charge in [-0.3, -0.25) is 9.59 Å². The van der Waals surface area contributed by atoms with Crippen LogP contribution in [0.3, 0.4) is 0 Å². The lowest BCUT2D eigenvalue weighted by molar-refractivity contribution is -0.149. The molecule has 7 nitrogen and oxygen atoms in total. The summed E-state index contributed by atoms with van der Waals surface area (Å²) in [6.45, 7) is 9.01. The first-order valence-corrected chi connectivity index (χ1v) is 10.0. The van der Waals surface area contributed by atoms with Crippen molar-refractivity contribution in [3.63, 3.8) is 0 Å². The third-order valence-electron chi connectivity index (χ3n) is 5.09. The van der Waals surface area contributed by atoms with Crippen molar-refractivity contribution in [2.24, 2.45) is 5.92 Å². The lowest BCUT2D eigenvalue weighted by Crippen LogP contribution is -2.43. The molecule has 29 heavy (non-hydrogen) atoms. The van der Waals surface area contributed by atoms with Crippen LogP contribution in [0.25, 0.3) is 0 Å². The minimum absolute atomic E-state index is 0.189. The molecule has 0 radical (unpaired) electrons. The summed E-state index contributed by atoms with van der Waals surface area (Å²) in [4.78, 5) is 26.8. The zero-order valence-electron chi connectivity index (χ0n) is 17.5. The van der Waals surface area contributed by atoms with Crippen LogP contribution in [0, 0.1) is 26.7 Å². The van der Waals surface area contributed by atoms with E-state index in [1.165, 1.54) is 0 Å². The van der Waals surface area contributed by atoms with E-state index in [9.17, 15) is 9.59 Å². The Morgan fingerprint density at radius 1 is 1.21 bits per heavy atom. The van der Waals surface area contributed by atoms with Gasteiger partial charge in [0.2, 0.25) is 0 Å². The molecule has 1 aromatic heterocycles. The largest absolute Gasteiger partial charge is 0.489 e. The Morgan fingerprint density at radius 3 is 2.62 bits per heavy atom. The summed E-state index contributed by atoms with van der Waals surface area (Å²) >= 11 is 0. The molecule has 1 aromatic carbocycles. The quantitative estimate of drug-likeness (QED) is 0.689. The van der Waals surface area contributed by atoms with Gasteiger partial charge < -0.3 is 18.9 Å². The van der Waals surface area contributed by atoms with Gasteiger partial charge in [0.1, 0.15) is 18.1 Å². The third kappa shape index (κ3) is 4.96. The van der Waals surface area contributed by atoms with Gasteiger partial charge in [-0.15, -0.1) is 0 Å². The molecule has 1 aliphatic heterocycles. The van der Waals surface area contributed by atoms with Crippen LogP contribution in [0.15, 0.2) is 22.7 Å². The topological polar surface area (TPSA) is 81.9 Å². The molecular weight excluding hydrogens is 372 g/mol. The minimum Gasteiger partial charge on any atom is -0.489 e. The predicted octanol–water partition coefficient (Wildman–Crippen LogP) is 3.59. The summed E-state index contributed by atoms with van der Waals surface area (Å²) in [5.74, 6) is 0.503. The number of ether oxygens (including phenoxy) is 2. The Balaban J connectivity index is 1.72. The van der Waals surface area contributed by atoms with Crippen LogP contribution in [0.5, 0.6) is 5.75 Å². The van der Waals surface area contributed by atoms with Crippen molar-refractivity contribution in [1.29, 1.82) is 0 Å². The lowest BCUT2D eigenvalue weighted by atomic mass is 9.97. The molecule has 0 bridgehead atoms. The van der Waals surface area contributed by atoms with E-state index in [0.29, 0.717) is 31.0 Å². The predicted molar refractivity (Wildman–Crippen MR) is 107 cm³/mol. The van der Waals surface area contributed by atoms with E-state index in [2.05, 4.69) is 11.2 Å². The second-order valence-corrected chi connectivity index (χ2v) is 7.52. The number of aryl methyl sites for hydroxylation is 3. The fourth-order valence-corrected chi connectivity index (χ4v) is 3.66. The fraction of sp³-hybridized carbons (Fsp3) is 0.500. The van der Waals surface area contributed by atoms with Gasteiger partial charge in [0.25, 0.3) is 5.91 Å². The SMILES string of the molecule is CCOC(=O)C1CCCN(C(=O)c2noc(C)c2COc2cc(C)cc(C)c2)C1. The summed E-state index contributed by atoms with van der Waals surface area (Å²) in [7, 11) is 0. The van der Waals surface area contributed by atoms with E-state index in [4.69, 9.17) is 14.0 Å². The normalized spacial score (nSPS) is 16.6. The van der Waals surface area contributed by atoms with Crippen LogP contribution < -0.4 is 4.74 Å². The molecule has 0 spiro atoms. The van der Waals surface area contributed by atoms with Gasteiger partial charge in [-0.2, -0.15) is 0 Å². The van der Waals surface area contributed by atoms with Crippen molar-refractivity contribution >= 4 is 11.9 Å². The number of esters is 1. The highest BCUT2D eigenvalue weighted by molar-refractivity contribution is 5.94. The molecular formula is C22H28N2O5. The van der Waals surface area contributed by atoms with Crippen molar-refractivity contribution in [2.45, 2.75) is 47.1 Å². The fourth-order valence-electron chi connectivity index (χ4n) is 3.66. The Kier molecular flexibility index (Phi) is 6.56. The standard InChI is InChI=1S/C22H28N2O5/c1-5-27-22(26)17-7-6-8-24(12-17)21(25)20-19(16(4)29-23-20)13-28-18-10-14(2)9-15(3)11-18/h9-11,17H,5-8,12-13H2,1-4H3. The third-order valence-corrected chi connectivity index (χ3v) is 5.09. The van der Waals surface area contributed by atoms with Gasteiger partial charge in [0.15, 0.2) is 5.69 Å². The molecule has 0 N–H and O–H groups in total. The second-order valence-electron chi connectivity index (χ2n) is 7.52. The van der Waals surface area contributed by atoms with Crippen LogP contribution in [0.4, 0.5) is 0 Å². The highest BCUT2D eigenvalue weighted by atomic mass is 16.5. The average Bonchev–Trinajstić information content (AvgIpc) is 3.06. The maximum absolute atomic E-state index is 13.1. The number of benzene rings is 1. The maximum atomic E-state index is 13.1. The number of carbonyl (C=O) groups is 2. The summed E-state index contributed by atoms with van der Waals surface area (Å²) in [5.41, 5.74) is 3.09. The first kappa shape index (κ1) is 20.9. The zero-order chi connectivity index (χ0) is 21.0. The smallest absolute Gasteiger partial charge is 0.310 e. The van der Waals surface area contributed by atoms with Crippen molar-refractivity contribution in [2.75, 3.05) is 19.7 Å². The number of hydrogen-bond acceptors (Lipinski definition) is 6. The first-order valence-electron chi connectivity index (χ1n) is 10.0. The number of likely N-dealkylation sites (tertiary alicyclic amines) is 1. The number of amides is 1. The molecule has 1 atom stereocenters. The van der Waals surface area contributed by atoms with E-state index >= 15 is 0 Å². The number of piperidine rings is 1. The van der Waals surface area contributed by atoms with Crippen LogP contribution in [0.2, 0.25) is 0 Å². The van der Waals surface area contributed by atoms with Crippen molar-refractivity contribution < 1.29 is 23.6 Å². The average molecular weight is 400 g/mol. The molecule has 1 fully saturated rings. The molecule has 156 valence electrons. The van der Waals surface area contributed by atoms with Gasteiger partial charge in [-0.05, 0) is 63.8 Å². The van der Waals surface area contributed by atoms with E-state index < -0.39 is 0 Å². The van der Waals surface area contributed by atoms with Gasteiger partial charge >= 0.3 is 5.97 Å². The molecule has 0 saturated carbocycles. The van der Waals surface area contributed by atoms with E-state index in [0.717, 1.165) is 29.7 Å². The summed E-state index contributed by atoms with van der Waals surface area (Å²) in [6, 6.07) is 5.97. The van der Waals surface area contributed by atoms with E-state index in [1.807, 2.05) is 26.0 Å². The molecule has 2 aromatic rings. The molecule has 3 rings (SSSR count). The van der Waals surface area contributed by atoms with Crippen molar-refractivity contribution in [3.05, 3.63) is 46.3 Å². The molecule has 1 unspecified atom stereocenters. The van der Waals surface area contributed by atoms with Crippen LogP contribution >= 0.6 is 0 Å². The highest BCUT2D eigenvalue weighted by Gasteiger charge is 2.32. The number of nitrogens with zero attached hydrogens (tertiary/aromatic N) is 2. The monoisotopic (exact) mass is 400 g/mol. The Hall–Kier alpha value is -2.83. The summed E-state index contributed by atoms with van der Waals surface area (Å²) < 4.78 is 16.3. The highest BCUT2D eigenvalue weighted by Crippen LogP contribution is 2.24. The number of carbonyl (C=O) groups excluding carboxylic acids is 2. The van der Waals surface area contributed by atoms with Gasteiger partial charge in [0.05, 0.1) is 18.1 Å². The van der Waals surface area contributed by atoms with E-state index in [1.54, 1.807) is 18.7 Å². The van der Waals surface area contributed by atoms with Gasteiger partial charge in [-0.25, -0.2) is 0 Å². The molecule has 1 saturated heterocycles. The second kappa shape index (κ2) is 9.11. The molecule has 1 amide bonds. The van der Waals surface area contributed by atoms with Crippen molar-refractivity contribution in [1.82, 2.24) is 10.1 Å². The lowest BCUT2D eigenvalue weighted by Gasteiger charge is -2.31. The van der Waals surface area contributed by atoms with Gasteiger partial charge in [-0.1, -0.05) is 11.2 Å². The molecule has 0 aliphatic carbocycles. The maximum Gasteiger partial charge on any atom is 0.310 e. The Labute approximate surface area is 171 Å². The summed E-state index contributed by atoms with van der Waals surface area (Å²) in [5, 5.41) is 3.98. The molecule has 7 heteroatoms. The Morgan fingerprint density at radius 2 is 1.93 bits per heavy atom. The molecule has 1 aliphatic rings. The van der Waals surface area contributed by atoms with Crippen LogP contribution in [0.1, 0.15) is 52.7 Å². The van der Waals surface area contributed by atoms with E-state index in [-0.39, 0.29) is 30.1 Å². The number of rotatable bonds is 6. The number of aromatic nitrogens is 1. The molecule has 2 heterocycles. The Bertz CT molecular complexity index is 869. The first-order chi connectivity index (χ1) is 13.9. The van der Waals surface area contributed by atoms with Gasteiger partial charge in [0, 0.05) is 13.1 Å². The summed E-state index contributed by atoms with van der Waals surface area (Å²) in [6.07, 6.45) is 1.48. The number of hydrogen-bond donors (Lipinski definition) is 0. The van der Waals surface area contributed by atoms with Crippen LogP contribution in [-0.2, 0) is 16.1 Å². The minimum atomic E-state index is -0.296. The zero-order valence-corrected chi connectivity index (χ0v) is 17.5. The van der Waals surface area contributed by atoms with Crippen LogP contribution in [-0.4, -0.2) is 41.6 Å².